The van der Waals surface area contributed by atoms with E-state index in [1.165, 1.54) is 28.1 Å². The quantitative estimate of drug-likeness (QED) is 0.364. The Morgan fingerprint density at radius 2 is 1.76 bits per heavy atom. The van der Waals surface area contributed by atoms with Crippen molar-refractivity contribution >= 4 is 17.5 Å². The number of nitrogens with zero attached hydrogens (tertiary/aromatic N) is 4. The summed E-state index contributed by atoms with van der Waals surface area (Å²) in [4.78, 5) is 31.2. The van der Waals surface area contributed by atoms with Gasteiger partial charge in [-0.05, 0) is 30.3 Å². The van der Waals surface area contributed by atoms with Crippen LogP contribution in [0, 0.1) is 5.82 Å². The van der Waals surface area contributed by atoms with E-state index in [-0.39, 0.29) is 24.6 Å². The zero-order valence-electron chi connectivity index (χ0n) is 23.9. The van der Waals surface area contributed by atoms with Gasteiger partial charge in [0.1, 0.15) is 23.9 Å². The van der Waals surface area contributed by atoms with Crippen molar-refractivity contribution in [1.82, 2.24) is 14.8 Å². The fourth-order valence-electron chi connectivity index (χ4n) is 5.28. The van der Waals surface area contributed by atoms with Crippen LogP contribution in [0.2, 0.25) is 0 Å². The number of methoxy groups -OCH3 is 2. The van der Waals surface area contributed by atoms with Crippen LogP contribution in [-0.4, -0.2) is 92.5 Å². The number of amides is 2. The molecule has 0 aliphatic carbocycles. The van der Waals surface area contributed by atoms with E-state index in [9.17, 15) is 14.0 Å². The van der Waals surface area contributed by atoms with Crippen LogP contribution in [0.4, 0.5) is 4.39 Å². The molecule has 3 aromatic rings. The third kappa shape index (κ3) is 6.61. The van der Waals surface area contributed by atoms with E-state index in [1.807, 2.05) is 48.5 Å². The van der Waals surface area contributed by atoms with Crippen molar-refractivity contribution in [3.63, 3.8) is 0 Å². The standard InChI is InChI=1S/C32H35FN4O5/c1-40-24-9-7-8-23(20-24)28-21-29(26-11-4-6-13-30(26)41-2)37(34-28)31(38)22-36(15-14-35-16-18-42-19-17-35)32(39)25-10-3-5-12-27(25)33/h3-13,20,29H,14-19,21-22H2,1-2H3. The molecule has 0 bridgehead atoms. The monoisotopic (exact) mass is 574 g/mol. The fourth-order valence-corrected chi connectivity index (χ4v) is 5.28. The van der Waals surface area contributed by atoms with Gasteiger partial charge in [-0.3, -0.25) is 14.5 Å². The highest BCUT2D eigenvalue weighted by Gasteiger charge is 2.36. The minimum Gasteiger partial charge on any atom is -0.497 e. The van der Waals surface area contributed by atoms with E-state index in [0.717, 1.165) is 24.2 Å². The molecular weight excluding hydrogens is 539 g/mol. The molecule has 1 atom stereocenters. The summed E-state index contributed by atoms with van der Waals surface area (Å²) in [6.45, 7) is 3.19. The number of hydrogen-bond acceptors (Lipinski definition) is 7. The topological polar surface area (TPSA) is 83.9 Å². The first-order valence-electron chi connectivity index (χ1n) is 14.0. The molecule has 220 valence electrons. The van der Waals surface area contributed by atoms with Crippen molar-refractivity contribution in [3.05, 3.63) is 95.3 Å². The van der Waals surface area contributed by atoms with Gasteiger partial charge in [0.2, 0.25) is 0 Å². The molecule has 2 aliphatic heterocycles. The van der Waals surface area contributed by atoms with Gasteiger partial charge < -0.3 is 19.1 Å². The second kappa shape index (κ2) is 13.6. The number of carbonyl (C=O) groups excluding carboxylic acids is 2. The van der Waals surface area contributed by atoms with Crippen LogP contribution in [0.1, 0.15) is 33.9 Å². The van der Waals surface area contributed by atoms with Gasteiger partial charge in [-0.2, -0.15) is 5.10 Å². The van der Waals surface area contributed by atoms with Gasteiger partial charge in [0, 0.05) is 43.7 Å². The summed E-state index contributed by atoms with van der Waals surface area (Å²) in [5, 5.41) is 6.20. The lowest BCUT2D eigenvalue weighted by molar-refractivity contribution is -0.133. The third-order valence-corrected chi connectivity index (χ3v) is 7.57. The van der Waals surface area contributed by atoms with Crippen LogP contribution >= 0.6 is 0 Å². The maximum absolute atomic E-state index is 14.7. The highest BCUT2D eigenvalue weighted by molar-refractivity contribution is 6.04. The van der Waals surface area contributed by atoms with E-state index in [2.05, 4.69) is 4.90 Å². The molecule has 1 fully saturated rings. The third-order valence-electron chi connectivity index (χ3n) is 7.57. The number of halogens is 1. The van der Waals surface area contributed by atoms with E-state index in [0.29, 0.717) is 43.4 Å². The Morgan fingerprint density at radius 3 is 2.52 bits per heavy atom. The Balaban J connectivity index is 1.45. The van der Waals surface area contributed by atoms with Crippen LogP contribution in [-0.2, 0) is 9.53 Å². The Labute approximate surface area is 245 Å². The maximum Gasteiger partial charge on any atom is 0.262 e. The second-order valence-electron chi connectivity index (χ2n) is 10.1. The van der Waals surface area contributed by atoms with Gasteiger partial charge in [-0.15, -0.1) is 0 Å². The lowest BCUT2D eigenvalue weighted by atomic mass is 9.97. The molecule has 0 N–H and O–H groups in total. The molecule has 2 heterocycles. The van der Waals surface area contributed by atoms with Crippen molar-refractivity contribution in [2.45, 2.75) is 12.5 Å². The van der Waals surface area contributed by atoms with Crippen molar-refractivity contribution in [2.24, 2.45) is 5.10 Å². The van der Waals surface area contributed by atoms with Crippen LogP contribution in [0.15, 0.2) is 77.9 Å². The predicted molar refractivity (Wildman–Crippen MR) is 156 cm³/mol. The van der Waals surface area contributed by atoms with Crippen molar-refractivity contribution in [3.8, 4) is 11.5 Å². The van der Waals surface area contributed by atoms with Crippen molar-refractivity contribution in [2.75, 3.05) is 60.2 Å². The van der Waals surface area contributed by atoms with E-state index < -0.39 is 17.8 Å². The summed E-state index contributed by atoms with van der Waals surface area (Å²) in [6, 6.07) is 20.4. The minimum atomic E-state index is -0.627. The number of ether oxygens (including phenoxy) is 3. The molecule has 3 aromatic carbocycles. The number of carbonyl (C=O) groups is 2. The molecule has 9 nitrogen and oxygen atoms in total. The SMILES string of the molecule is COc1cccc(C2=NN(C(=O)CN(CCN3CCOCC3)C(=O)c3ccccc3F)C(c3ccccc3OC)C2)c1. The molecule has 2 amide bonds. The molecular formula is C32H35FN4O5. The van der Waals surface area contributed by atoms with Crippen LogP contribution in [0.25, 0.3) is 0 Å². The predicted octanol–water partition coefficient (Wildman–Crippen LogP) is 4.00. The number of rotatable bonds is 10. The molecule has 1 saturated heterocycles. The Kier molecular flexibility index (Phi) is 9.45. The van der Waals surface area contributed by atoms with Gasteiger partial charge >= 0.3 is 0 Å². The summed E-state index contributed by atoms with van der Waals surface area (Å²) in [7, 11) is 3.19. The Bertz CT molecular complexity index is 1440. The van der Waals surface area contributed by atoms with Gasteiger partial charge in [-0.1, -0.05) is 42.5 Å². The maximum atomic E-state index is 14.7. The molecule has 0 saturated carbocycles. The molecule has 10 heteroatoms. The number of morpholine rings is 1. The van der Waals surface area contributed by atoms with Gasteiger partial charge in [0.05, 0.1) is 44.8 Å². The lowest BCUT2D eigenvalue weighted by Gasteiger charge is -2.31. The molecule has 2 aliphatic rings. The summed E-state index contributed by atoms with van der Waals surface area (Å²) in [5.41, 5.74) is 2.26. The number of hydrazone groups is 1. The normalized spacial score (nSPS) is 17.1. The van der Waals surface area contributed by atoms with Crippen molar-refractivity contribution < 1.29 is 28.2 Å². The Hall–Kier alpha value is -4.28. The second-order valence-corrected chi connectivity index (χ2v) is 10.1. The van der Waals surface area contributed by atoms with Crippen LogP contribution in [0.5, 0.6) is 11.5 Å². The summed E-state index contributed by atoms with van der Waals surface area (Å²) >= 11 is 0. The van der Waals surface area contributed by atoms with Gasteiger partial charge in [-0.25, -0.2) is 9.40 Å². The summed E-state index contributed by atoms with van der Waals surface area (Å²) in [5.74, 6) is -0.236. The highest BCUT2D eigenvalue weighted by atomic mass is 19.1. The number of benzene rings is 3. The van der Waals surface area contributed by atoms with Gasteiger partial charge in [0.15, 0.2) is 0 Å². The fraction of sp³-hybridized carbons (Fsp3) is 0.344. The first-order chi connectivity index (χ1) is 20.5. The van der Waals surface area contributed by atoms with Gasteiger partial charge in [0.25, 0.3) is 11.8 Å². The minimum absolute atomic E-state index is 0.0736. The Morgan fingerprint density at radius 1 is 1.00 bits per heavy atom. The van der Waals surface area contributed by atoms with Crippen LogP contribution < -0.4 is 9.47 Å². The molecule has 1 unspecified atom stereocenters. The zero-order chi connectivity index (χ0) is 29.5. The largest absolute Gasteiger partial charge is 0.497 e. The molecule has 42 heavy (non-hydrogen) atoms. The first-order valence-corrected chi connectivity index (χ1v) is 14.0. The first kappa shape index (κ1) is 29.2. The number of hydrogen-bond donors (Lipinski definition) is 0. The smallest absolute Gasteiger partial charge is 0.262 e. The summed E-state index contributed by atoms with van der Waals surface area (Å²) < 4.78 is 31.2. The highest BCUT2D eigenvalue weighted by Crippen LogP contribution is 2.38. The average Bonchev–Trinajstić information content (AvgIpc) is 3.49. The van der Waals surface area contributed by atoms with Crippen LogP contribution in [0.3, 0.4) is 0 Å². The summed E-state index contributed by atoms with van der Waals surface area (Å²) in [6.07, 6.45) is 0.439. The van der Waals surface area contributed by atoms with E-state index in [1.54, 1.807) is 20.3 Å². The van der Waals surface area contributed by atoms with E-state index >= 15 is 0 Å². The average molecular weight is 575 g/mol. The zero-order valence-corrected chi connectivity index (χ0v) is 23.9. The molecule has 0 aromatic heterocycles. The number of para-hydroxylation sites is 1. The van der Waals surface area contributed by atoms with Crippen molar-refractivity contribution in [1.29, 1.82) is 0 Å². The lowest BCUT2D eigenvalue weighted by Crippen LogP contribution is -2.46. The molecule has 5 rings (SSSR count). The molecule has 0 spiro atoms. The van der Waals surface area contributed by atoms with E-state index in [4.69, 9.17) is 19.3 Å². The molecule has 0 radical (unpaired) electrons.